The molecule has 2 aliphatic rings. The minimum atomic E-state index is 0.100. The van der Waals surface area contributed by atoms with Crippen molar-refractivity contribution in [2.45, 2.75) is 18.9 Å². The van der Waals surface area contributed by atoms with Crippen molar-refractivity contribution in [2.75, 3.05) is 26.2 Å². The maximum absolute atomic E-state index is 12.6. The summed E-state index contributed by atoms with van der Waals surface area (Å²) in [4.78, 5) is 22.1. The van der Waals surface area contributed by atoms with Crippen molar-refractivity contribution in [1.82, 2.24) is 14.8 Å². The number of thiazole rings is 1. The molecule has 4 nitrogen and oxygen atoms in total. The highest BCUT2D eigenvalue weighted by molar-refractivity contribution is 7.14. The predicted octanol–water partition coefficient (Wildman–Crippen LogP) is 2.46. The number of rotatable bonds is 2. The first-order valence-electron chi connectivity index (χ1n) is 8.36. The minimum Gasteiger partial charge on any atom is -0.336 e. The number of amides is 1. The summed E-state index contributed by atoms with van der Waals surface area (Å²) in [6, 6.07) is 10.4. The van der Waals surface area contributed by atoms with Crippen molar-refractivity contribution in [3.8, 4) is 11.8 Å². The van der Waals surface area contributed by atoms with E-state index in [4.69, 9.17) is 0 Å². The SMILES string of the molecule is O=C(c1cnc(C#Cc2ccccc2)s1)N1CCC(N2CCC2)C1. The average molecular weight is 337 g/mol. The fraction of sp³-hybridized carbons (Fsp3) is 0.368. The molecule has 0 radical (unpaired) electrons. The van der Waals surface area contributed by atoms with E-state index in [0.717, 1.165) is 25.1 Å². The quantitative estimate of drug-likeness (QED) is 0.790. The van der Waals surface area contributed by atoms with Crippen LogP contribution >= 0.6 is 11.3 Å². The molecule has 24 heavy (non-hydrogen) atoms. The van der Waals surface area contributed by atoms with Gasteiger partial charge in [-0.2, -0.15) is 0 Å². The van der Waals surface area contributed by atoms with Crippen molar-refractivity contribution in [3.05, 3.63) is 52.0 Å². The van der Waals surface area contributed by atoms with E-state index >= 15 is 0 Å². The van der Waals surface area contributed by atoms with E-state index in [1.165, 1.54) is 30.8 Å². The van der Waals surface area contributed by atoms with E-state index in [9.17, 15) is 4.79 Å². The van der Waals surface area contributed by atoms with Gasteiger partial charge >= 0.3 is 0 Å². The topological polar surface area (TPSA) is 36.4 Å². The van der Waals surface area contributed by atoms with Crippen LogP contribution in [0.2, 0.25) is 0 Å². The summed E-state index contributed by atoms with van der Waals surface area (Å²) in [6.07, 6.45) is 4.05. The van der Waals surface area contributed by atoms with Gasteiger partial charge in [0.05, 0.1) is 6.20 Å². The van der Waals surface area contributed by atoms with Gasteiger partial charge in [-0.3, -0.25) is 9.69 Å². The number of nitrogens with zero attached hydrogens (tertiary/aromatic N) is 3. The molecule has 0 spiro atoms. The summed E-state index contributed by atoms with van der Waals surface area (Å²) in [6.45, 7) is 4.07. The first kappa shape index (κ1) is 15.4. The van der Waals surface area contributed by atoms with Gasteiger partial charge < -0.3 is 4.90 Å². The lowest BCUT2D eigenvalue weighted by molar-refractivity contribution is 0.0756. The molecule has 0 saturated carbocycles. The lowest BCUT2D eigenvalue weighted by Gasteiger charge is -2.36. The highest BCUT2D eigenvalue weighted by Gasteiger charge is 2.33. The summed E-state index contributed by atoms with van der Waals surface area (Å²) < 4.78 is 0. The summed E-state index contributed by atoms with van der Waals surface area (Å²) in [7, 11) is 0. The van der Waals surface area contributed by atoms with Gasteiger partial charge in [0.15, 0.2) is 5.01 Å². The number of benzene rings is 1. The van der Waals surface area contributed by atoms with Crippen LogP contribution in [0.4, 0.5) is 0 Å². The highest BCUT2D eigenvalue weighted by Crippen LogP contribution is 2.23. The van der Waals surface area contributed by atoms with Gasteiger partial charge in [-0.1, -0.05) is 24.1 Å². The van der Waals surface area contributed by atoms with Crippen LogP contribution in [0.1, 0.15) is 33.1 Å². The molecule has 1 unspecified atom stereocenters. The first-order chi connectivity index (χ1) is 11.8. The van der Waals surface area contributed by atoms with Crippen LogP contribution in [0.5, 0.6) is 0 Å². The maximum Gasteiger partial charge on any atom is 0.265 e. The molecule has 0 aliphatic carbocycles. The Hall–Kier alpha value is -2.16. The molecule has 1 atom stereocenters. The number of hydrogen-bond acceptors (Lipinski definition) is 4. The van der Waals surface area contributed by atoms with Gasteiger partial charge in [0, 0.05) is 24.7 Å². The standard InChI is InChI=1S/C19H19N3OS/c23-19(22-12-9-16(14-22)21-10-4-11-21)17-13-20-18(24-17)8-7-15-5-2-1-3-6-15/h1-3,5-6,13,16H,4,9-12,14H2. The maximum atomic E-state index is 12.6. The third-order valence-electron chi connectivity index (χ3n) is 4.66. The Kier molecular flexibility index (Phi) is 4.33. The number of hydrogen-bond donors (Lipinski definition) is 0. The van der Waals surface area contributed by atoms with Crippen LogP contribution < -0.4 is 0 Å². The van der Waals surface area contributed by atoms with Gasteiger partial charge in [0.25, 0.3) is 5.91 Å². The fourth-order valence-corrected chi connectivity index (χ4v) is 3.90. The number of aromatic nitrogens is 1. The van der Waals surface area contributed by atoms with Crippen LogP contribution in [0.15, 0.2) is 36.5 Å². The van der Waals surface area contributed by atoms with E-state index in [1.807, 2.05) is 35.2 Å². The molecule has 2 saturated heterocycles. The normalized spacial score (nSPS) is 20.3. The third kappa shape index (κ3) is 3.21. The lowest BCUT2D eigenvalue weighted by Crippen LogP contribution is -2.46. The molecule has 4 rings (SSSR count). The second-order valence-electron chi connectivity index (χ2n) is 6.23. The van der Waals surface area contributed by atoms with E-state index in [-0.39, 0.29) is 5.91 Å². The molecular formula is C19H19N3OS. The predicted molar refractivity (Wildman–Crippen MR) is 95.0 cm³/mol. The fourth-order valence-electron chi connectivity index (χ4n) is 3.16. The number of carbonyl (C=O) groups excluding carboxylic acids is 1. The zero-order valence-electron chi connectivity index (χ0n) is 13.4. The molecule has 1 aromatic heterocycles. The van der Waals surface area contributed by atoms with Crippen LogP contribution in [-0.4, -0.2) is 52.9 Å². The van der Waals surface area contributed by atoms with Crippen molar-refractivity contribution in [3.63, 3.8) is 0 Å². The van der Waals surface area contributed by atoms with Crippen molar-refractivity contribution < 1.29 is 4.79 Å². The van der Waals surface area contributed by atoms with E-state index in [2.05, 4.69) is 21.7 Å². The van der Waals surface area contributed by atoms with Crippen LogP contribution in [-0.2, 0) is 0 Å². The molecule has 122 valence electrons. The molecule has 2 aromatic rings. The van der Waals surface area contributed by atoms with Crippen LogP contribution in [0, 0.1) is 11.8 Å². The molecule has 0 bridgehead atoms. The molecule has 1 aromatic carbocycles. The first-order valence-corrected chi connectivity index (χ1v) is 9.17. The zero-order chi connectivity index (χ0) is 16.4. The van der Waals surface area contributed by atoms with Crippen molar-refractivity contribution in [2.24, 2.45) is 0 Å². The lowest BCUT2D eigenvalue weighted by atomic mass is 10.1. The Balaban J connectivity index is 1.41. The second kappa shape index (κ2) is 6.76. The van der Waals surface area contributed by atoms with E-state index < -0.39 is 0 Å². The van der Waals surface area contributed by atoms with E-state index in [1.54, 1.807) is 6.20 Å². The van der Waals surface area contributed by atoms with Gasteiger partial charge in [-0.25, -0.2) is 4.98 Å². The monoisotopic (exact) mass is 337 g/mol. The molecule has 2 aliphatic heterocycles. The molecule has 3 heterocycles. The second-order valence-corrected chi connectivity index (χ2v) is 7.26. The molecule has 1 amide bonds. The van der Waals surface area contributed by atoms with Gasteiger partial charge in [0.1, 0.15) is 4.88 Å². The summed E-state index contributed by atoms with van der Waals surface area (Å²) >= 11 is 1.39. The highest BCUT2D eigenvalue weighted by atomic mass is 32.1. The molecule has 5 heteroatoms. The van der Waals surface area contributed by atoms with Crippen molar-refractivity contribution in [1.29, 1.82) is 0 Å². The third-order valence-corrected chi connectivity index (χ3v) is 5.56. The minimum absolute atomic E-state index is 0.100. The number of likely N-dealkylation sites (tertiary alicyclic amines) is 2. The van der Waals surface area contributed by atoms with Crippen LogP contribution in [0.25, 0.3) is 0 Å². The zero-order valence-corrected chi connectivity index (χ0v) is 14.3. The average Bonchev–Trinajstić information content (AvgIpc) is 3.21. The van der Waals surface area contributed by atoms with Crippen LogP contribution in [0.3, 0.4) is 0 Å². The van der Waals surface area contributed by atoms with Crippen molar-refractivity contribution >= 4 is 17.2 Å². The van der Waals surface area contributed by atoms with Gasteiger partial charge in [-0.05, 0) is 44.0 Å². The Bertz CT molecular complexity index is 786. The Labute approximate surface area is 146 Å². The smallest absolute Gasteiger partial charge is 0.265 e. The van der Waals surface area contributed by atoms with Gasteiger partial charge in [0.2, 0.25) is 0 Å². The Morgan fingerprint density at radius 2 is 2.00 bits per heavy atom. The van der Waals surface area contributed by atoms with E-state index in [0.29, 0.717) is 15.9 Å². The summed E-state index contributed by atoms with van der Waals surface area (Å²) in [5, 5.41) is 0.695. The molecule has 2 fully saturated rings. The Morgan fingerprint density at radius 1 is 1.17 bits per heavy atom. The molecular weight excluding hydrogens is 318 g/mol. The number of carbonyl (C=O) groups is 1. The molecule has 0 N–H and O–H groups in total. The van der Waals surface area contributed by atoms with Gasteiger partial charge in [-0.15, -0.1) is 11.3 Å². The summed E-state index contributed by atoms with van der Waals surface area (Å²) in [5.74, 6) is 6.24. The largest absolute Gasteiger partial charge is 0.336 e. The Morgan fingerprint density at radius 3 is 2.75 bits per heavy atom. The summed E-state index contributed by atoms with van der Waals surface area (Å²) in [5.41, 5.74) is 0.956.